The van der Waals surface area contributed by atoms with Crippen molar-refractivity contribution in [1.29, 1.82) is 0 Å². The topological polar surface area (TPSA) is 41.1 Å². The van der Waals surface area contributed by atoms with Crippen LogP contribution >= 0.6 is 11.3 Å². The summed E-state index contributed by atoms with van der Waals surface area (Å²) in [6, 6.07) is 8.72. The quantitative estimate of drug-likeness (QED) is 0.784. The van der Waals surface area contributed by atoms with Gasteiger partial charge in [0.1, 0.15) is 16.5 Å². The molecule has 0 aliphatic carbocycles. The fourth-order valence-corrected chi connectivity index (χ4v) is 4.07. The van der Waals surface area contributed by atoms with E-state index in [4.69, 9.17) is 4.98 Å². The van der Waals surface area contributed by atoms with Crippen LogP contribution < -0.4 is 10.2 Å². The molecule has 0 spiro atoms. The van der Waals surface area contributed by atoms with Gasteiger partial charge in [0.2, 0.25) is 0 Å². The monoisotopic (exact) mass is 324 g/mol. The molecule has 0 saturated carbocycles. The Kier molecular flexibility index (Phi) is 3.75. The summed E-state index contributed by atoms with van der Waals surface area (Å²) in [5, 5.41) is 6.83. The minimum absolute atomic E-state index is 0.850. The van der Waals surface area contributed by atoms with Gasteiger partial charge in [-0.2, -0.15) is 0 Å². The Morgan fingerprint density at radius 3 is 2.52 bits per heavy atom. The normalized spacial score (nSPS) is 15.3. The third-order valence-electron chi connectivity index (χ3n) is 4.31. The van der Waals surface area contributed by atoms with Crippen molar-refractivity contribution in [3.63, 3.8) is 0 Å². The van der Waals surface area contributed by atoms with Gasteiger partial charge in [0.25, 0.3) is 0 Å². The van der Waals surface area contributed by atoms with E-state index >= 15 is 0 Å². The van der Waals surface area contributed by atoms with Crippen LogP contribution in [0.5, 0.6) is 0 Å². The number of benzene rings is 1. The average molecular weight is 324 g/mol. The van der Waals surface area contributed by atoms with E-state index in [1.807, 2.05) is 6.92 Å². The van der Waals surface area contributed by atoms with Crippen molar-refractivity contribution >= 4 is 27.4 Å². The Bertz CT molecular complexity index is 832. The molecule has 2 aromatic heterocycles. The first kappa shape index (κ1) is 14.6. The number of aromatic nitrogens is 2. The summed E-state index contributed by atoms with van der Waals surface area (Å²) in [5.41, 5.74) is 3.77. The zero-order valence-corrected chi connectivity index (χ0v) is 14.3. The van der Waals surface area contributed by atoms with Gasteiger partial charge in [0.15, 0.2) is 0 Å². The number of hydrogen-bond donors (Lipinski definition) is 1. The summed E-state index contributed by atoms with van der Waals surface area (Å²) in [4.78, 5) is 12.9. The molecular weight excluding hydrogens is 304 g/mol. The molecule has 0 amide bonds. The molecule has 4 rings (SSSR count). The molecule has 3 aromatic rings. The largest absolute Gasteiger partial charge is 0.353 e. The summed E-state index contributed by atoms with van der Waals surface area (Å²) in [5.74, 6) is 1.94. The smallest absolute Gasteiger partial charge is 0.141 e. The molecule has 0 unspecified atom stereocenters. The summed E-state index contributed by atoms with van der Waals surface area (Å²) < 4.78 is 0. The highest BCUT2D eigenvalue weighted by Crippen LogP contribution is 2.38. The van der Waals surface area contributed by atoms with E-state index in [9.17, 15) is 0 Å². The average Bonchev–Trinajstić information content (AvgIpc) is 2.99. The second-order valence-corrected chi connectivity index (χ2v) is 6.89. The van der Waals surface area contributed by atoms with E-state index in [1.54, 1.807) is 11.3 Å². The summed E-state index contributed by atoms with van der Waals surface area (Å²) >= 11 is 1.71. The first-order valence-electron chi connectivity index (χ1n) is 8.01. The fraction of sp³-hybridized carbons (Fsp3) is 0.333. The van der Waals surface area contributed by atoms with E-state index in [0.29, 0.717) is 0 Å². The van der Waals surface area contributed by atoms with Crippen LogP contribution in [0.15, 0.2) is 29.6 Å². The van der Waals surface area contributed by atoms with Crippen molar-refractivity contribution in [2.24, 2.45) is 0 Å². The van der Waals surface area contributed by atoms with Crippen LogP contribution in [0.25, 0.3) is 21.3 Å². The molecule has 23 heavy (non-hydrogen) atoms. The van der Waals surface area contributed by atoms with Crippen LogP contribution in [-0.2, 0) is 0 Å². The van der Waals surface area contributed by atoms with Gasteiger partial charge in [-0.15, -0.1) is 11.3 Å². The Hall–Kier alpha value is -1.98. The molecule has 1 N–H and O–H groups in total. The lowest BCUT2D eigenvalue weighted by Gasteiger charge is -2.29. The molecule has 0 radical (unpaired) electrons. The van der Waals surface area contributed by atoms with Gasteiger partial charge in [0, 0.05) is 37.1 Å². The zero-order chi connectivity index (χ0) is 15.8. The maximum atomic E-state index is 4.79. The van der Waals surface area contributed by atoms with Crippen molar-refractivity contribution < 1.29 is 0 Å². The minimum atomic E-state index is 0.850. The van der Waals surface area contributed by atoms with Crippen molar-refractivity contribution in [2.75, 3.05) is 31.1 Å². The van der Waals surface area contributed by atoms with Crippen LogP contribution in [0.3, 0.4) is 0 Å². The number of anilines is 1. The maximum absolute atomic E-state index is 4.79. The molecule has 5 heteroatoms. The van der Waals surface area contributed by atoms with Crippen LogP contribution in [0.4, 0.5) is 5.82 Å². The molecule has 4 nitrogen and oxygen atoms in total. The molecule has 1 aliphatic rings. The number of aryl methyl sites for hydroxylation is 2. The van der Waals surface area contributed by atoms with Crippen molar-refractivity contribution in [2.45, 2.75) is 13.8 Å². The lowest BCUT2D eigenvalue weighted by Crippen LogP contribution is -2.44. The number of fused-ring (bicyclic) bond motifs is 1. The molecule has 1 aromatic carbocycles. The summed E-state index contributed by atoms with van der Waals surface area (Å²) in [7, 11) is 0. The highest BCUT2D eigenvalue weighted by Gasteiger charge is 2.20. The van der Waals surface area contributed by atoms with Crippen LogP contribution in [0, 0.1) is 13.8 Å². The van der Waals surface area contributed by atoms with Crippen LogP contribution in [0.2, 0.25) is 0 Å². The van der Waals surface area contributed by atoms with E-state index in [-0.39, 0.29) is 0 Å². The second kappa shape index (κ2) is 5.91. The van der Waals surface area contributed by atoms with Crippen LogP contribution in [0.1, 0.15) is 11.4 Å². The van der Waals surface area contributed by atoms with Gasteiger partial charge in [-0.3, -0.25) is 0 Å². The SMILES string of the molecule is Cc1ccc(-c2csc3nc(C)nc(N4CCNCC4)c23)cc1. The predicted molar refractivity (Wildman–Crippen MR) is 97.4 cm³/mol. The Labute approximate surface area is 140 Å². The lowest BCUT2D eigenvalue weighted by molar-refractivity contribution is 0.585. The van der Waals surface area contributed by atoms with Gasteiger partial charge in [0.05, 0.1) is 5.39 Å². The summed E-state index contributed by atoms with van der Waals surface area (Å²) in [6.45, 7) is 8.11. The van der Waals surface area contributed by atoms with Gasteiger partial charge >= 0.3 is 0 Å². The van der Waals surface area contributed by atoms with E-state index in [0.717, 1.165) is 42.7 Å². The molecular formula is C18H20N4S. The number of hydrogen-bond acceptors (Lipinski definition) is 5. The molecule has 1 aliphatic heterocycles. The Balaban J connectivity index is 1.90. The van der Waals surface area contributed by atoms with Crippen molar-refractivity contribution in [1.82, 2.24) is 15.3 Å². The number of rotatable bonds is 2. The lowest BCUT2D eigenvalue weighted by atomic mass is 10.0. The highest BCUT2D eigenvalue weighted by molar-refractivity contribution is 7.17. The van der Waals surface area contributed by atoms with Crippen LogP contribution in [-0.4, -0.2) is 36.1 Å². The standard InChI is InChI=1S/C18H20N4S/c1-12-3-5-14(6-4-12)15-11-23-18-16(15)17(20-13(2)21-18)22-9-7-19-8-10-22/h3-6,11,19H,7-10H2,1-2H3. The van der Waals surface area contributed by atoms with Crippen molar-refractivity contribution in [3.05, 3.63) is 41.0 Å². The van der Waals surface area contributed by atoms with Gasteiger partial charge in [-0.25, -0.2) is 9.97 Å². The highest BCUT2D eigenvalue weighted by atomic mass is 32.1. The number of nitrogens with one attached hydrogen (secondary N) is 1. The molecule has 1 saturated heterocycles. The molecule has 0 bridgehead atoms. The third-order valence-corrected chi connectivity index (χ3v) is 5.18. The molecule has 3 heterocycles. The zero-order valence-electron chi connectivity index (χ0n) is 13.5. The van der Waals surface area contributed by atoms with Gasteiger partial charge in [-0.05, 0) is 19.4 Å². The first-order chi connectivity index (χ1) is 11.2. The Morgan fingerprint density at radius 2 is 1.78 bits per heavy atom. The van der Waals surface area contributed by atoms with Gasteiger partial charge < -0.3 is 10.2 Å². The van der Waals surface area contributed by atoms with Crippen molar-refractivity contribution in [3.8, 4) is 11.1 Å². The minimum Gasteiger partial charge on any atom is -0.353 e. The summed E-state index contributed by atoms with van der Waals surface area (Å²) in [6.07, 6.45) is 0. The fourth-order valence-electron chi connectivity index (χ4n) is 3.08. The van der Waals surface area contributed by atoms with E-state index < -0.39 is 0 Å². The third kappa shape index (κ3) is 2.71. The molecule has 118 valence electrons. The Morgan fingerprint density at radius 1 is 1.04 bits per heavy atom. The number of thiophene rings is 1. The number of nitrogens with zero attached hydrogens (tertiary/aromatic N) is 3. The van der Waals surface area contributed by atoms with E-state index in [1.165, 1.54) is 22.1 Å². The predicted octanol–water partition coefficient (Wildman–Crippen LogP) is 3.38. The van der Waals surface area contributed by atoms with E-state index in [2.05, 4.69) is 51.8 Å². The van der Waals surface area contributed by atoms with Gasteiger partial charge in [-0.1, -0.05) is 29.8 Å². The second-order valence-electron chi connectivity index (χ2n) is 6.03. The molecule has 1 fully saturated rings. The maximum Gasteiger partial charge on any atom is 0.141 e. The molecule has 0 atom stereocenters. The first-order valence-corrected chi connectivity index (χ1v) is 8.89. The number of piperazine rings is 1.